The van der Waals surface area contributed by atoms with Gasteiger partial charge in [-0.1, -0.05) is 18.2 Å². The number of fused-ring (bicyclic) bond motifs is 1. The third-order valence-corrected chi connectivity index (χ3v) is 5.53. The maximum atomic E-state index is 13.1. The van der Waals surface area contributed by atoms with E-state index in [1.165, 1.54) is 0 Å². The van der Waals surface area contributed by atoms with Crippen molar-refractivity contribution in [1.29, 1.82) is 5.41 Å². The van der Waals surface area contributed by atoms with Gasteiger partial charge in [-0.2, -0.15) is 0 Å². The SMILES string of the molecule is N=CC(=O)CC[C@H](NC(=O)[C@H](Cc1c[nH]c2ccccc12)NC1CCOCC1)C(=O)O. The number of ether oxygens (including phenoxy) is 1. The Morgan fingerprint density at radius 2 is 1.97 bits per heavy atom. The number of H-pyrrole nitrogens is 1. The quantitative estimate of drug-likeness (QED) is 0.342. The number of carboxylic acid groups (broad SMARTS) is 1. The van der Waals surface area contributed by atoms with Crippen molar-refractivity contribution in [3.63, 3.8) is 0 Å². The zero-order chi connectivity index (χ0) is 22.2. The van der Waals surface area contributed by atoms with E-state index in [-0.39, 0.29) is 18.9 Å². The van der Waals surface area contributed by atoms with Crippen LogP contribution in [-0.4, -0.2) is 65.3 Å². The number of carbonyl (C=O) groups excluding carboxylic acids is 2. The Labute approximate surface area is 180 Å². The first kappa shape index (κ1) is 22.6. The summed E-state index contributed by atoms with van der Waals surface area (Å²) in [7, 11) is 0. The summed E-state index contributed by atoms with van der Waals surface area (Å²) in [5.41, 5.74) is 1.93. The van der Waals surface area contributed by atoms with Crippen LogP contribution in [0.2, 0.25) is 0 Å². The van der Waals surface area contributed by atoms with Crippen molar-refractivity contribution in [2.75, 3.05) is 13.2 Å². The van der Waals surface area contributed by atoms with Crippen LogP contribution in [-0.2, 0) is 25.5 Å². The second kappa shape index (κ2) is 10.8. The number of aliphatic carboxylic acids is 1. The molecule has 9 heteroatoms. The van der Waals surface area contributed by atoms with Gasteiger partial charge >= 0.3 is 5.97 Å². The molecule has 1 aromatic carbocycles. The van der Waals surface area contributed by atoms with Crippen LogP contribution in [0.5, 0.6) is 0 Å². The number of para-hydroxylation sites is 1. The van der Waals surface area contributed by atoms with Gasteiger partial charge in [0.05, 0.1) is 12.3 Å². The number of hydrogen-bond acceptors (Lipinski definition) is 6. The van der Waals surface area contributed by atoms with E-state index in [0.29, 0.717) is 25.8 Å². The average molecular weight is 428 g/mol. The van der Waals surface area contributed by atoms with Gasteiger partial charge in [0.1, 0.15) is 6.04 Å². The minimum absolute atomic E-state index is 0.0631. The van der Waals surface area contributed by atoms with Crippen molar-refractivity contribution < 1.29 is 24.2 Å². The first-order valence-electron chi connectivity index (χ1n) is 10.4. The zero-order valence-corrected chi connectivity index (χ0v) is 17.2. The molecule has 0 saturated carbocycles. The second-order valence-electron chi connectivity index (χ2n) is 7.72. The summed E-state index contributed by atoms with van der Waals surface area (Å²) in [6, 6.07) is 6.06. The molecule has 5 N–H and O–H groups in total. The lowest BCUT2D eigenvalue weighted by atomic mass is 10.0. The third-order valence-electron chi connectivity index (χ3n) is 5.53. The van der Waals surface area contributed by atoms with Crippen molar-refractivity contribution in [2.24, 2.45) is 0 Å². The molecular formula is C22H28N4O5. The molecule has 0 unspecified atom stereocenters. The number of benzene rings is 1. The first-order valence-corrected chi connectivity index (χ1v) is 10.4. The van der Waals surface area contributed by atoms with Gasteiger partial charge in [-0.05, 0) is 37.3 Å². The van der Waals surface area contributed by atoms with Crippen LogP contribution < -0.4 is 10.6 Å². The highest BCUT2D eigenvalue weighted by atomic mass is 16.5. The highest BCUT2D eigenvalue weighted by Crippen LogP contribution is 2.20. The summed E-state index contributed by atoms with van der Waals surface area (Å²) in [6.45, 7) is 1.23. The number of carboxylic acids is 1. The lowest BCUT2D eigenvalue weighted by Gasteiger charge is -2.29. The fourth-order valence-corrected chi connectivity index (χ4v) is 3.78. The molecule has 1 aromatic heterocycles. The lowest BCUT2D eigenvalue weighted by molar-refractivity contribution is -0.142. The largest absolute Gasteiger partial charge is 0.480 e. The number of hydrogen-bond donors (Lipinski definition) is 5. The molecule has 166 valence electrons. The van der Waals surface area contributed by atoms with Crippen molar-refractivity contribution in [3.05, 3.63) is 36.0 Å². The molecule has 1 saturated heterocycles. The minimum atomic E-state index is -1.21. The second-order valence-corrected chi connectivity index (χ2v) is 7.72. The number of aromatic nitrogens is 1. The molecular weight excluding hydrogens is 400 g/mol. The van der Waals surface area contributed by atoms with E-state index in [0.717, 1.165) is 29.3 Å². The van der Waals surface area contributed by atoms with Crippen molar-refractivity contribution in [1.82, 2.24) is 15.6 Å². The molecule has 1 aliphatic rings. The van der Waals surface area contributed by atoms with Gasteiger partial charge < -0.3 is 30.9 Å². The normalized spacial score (nSPS) is 16.5. The van der Waals surface area contributed by atoms with Crippen molar-refractivity contribution in [2.45, 2.75) is 50.2 Å². The van der Waals surface area contributed by atoms with E-state index < -0.39 is 29.7 Å². The van der Waals surface area contributed by atoms with Gasteiger partial charge in [0.15, 0.2) is 5.78 Å². The van der Waals surface area contributed by atoms with Crippen LogP contribution in [0, 0.1) is 5.41 Å². The smallest absolute Gasteiger partial charge is 0.326 e. The predicted molar refractivity (Wildman–Crippen MR) is 115 cm³/mol. The molecule has 0 aliphatic carbocycles. The Morgan fingerprint density at radius 1 is 1.23 bits per heavy atom. The number of ketones is 1. The zero-order valence-electron chi connectivity index (χ0n) is 17.2. The van der Waals surface area contributed by atoms with Gasteiger partial charge in [-0.25, -0.2) is 4.79 Å². The molecule has 31 heavy (non-hydrogen) atoms. The lowest BCUT2D eigenvalue weighted by Crippen LogP contribution is -2.54. The fourth-order valence-electron chi connectivity index (χ4n) is 3.78. The van der Waals surface area contributed by atoms with Crippen LogP contribution in [0.1, 0.15) is 31.2 Å². The van der Waals surface area contributed by atoms with Gasteiger partial charge in [0.25, 0.3) is 0 Å². The monoisotopic (exact) mass is 428 g/mol. The maximum Gasteiger partial charge on any atom is 0.326 e. The number of Topliss-reactive ketones (excluding diaryl/α,β-unsaturated/α-hetero) is 1. The van der Waals surface area contributed by atoms with Gasteiger partial charge in [-0.15, -0.1) is 0 Å². The predicted octanol–water partition coefficient (Wildman–Crippen LogP) is 1.42. The Hall–Kier alpha value is -3.04. The van der Waals surface area contributed by atoms with E-state index in [1.54, 1.807) is 0 Å². The maximum absolute atomic E-state index is 13.1. The molecule has 2 aromatic rings. The Bertz CT molecular complexity index is 935. The molecule has 1 aliphatic heterocycles. The molecule has 1 amide bonds. The van der Waals surface area contributed by atoms with Crippen molar-refractivity contribution in [3.8, 4) is 0 Å². The molecule has 9 nitrogen and oxygen atoms in total. The Kier molecular flexibility index (Phi) is 7.91. The van der Waals surface area contributed by atoms with E-state index in [2.05, 4.69) is 15.6 Å². The van der Waals surface area contributed by atoms with Crippen LogP contribution in [0.4, 0.5) is 0 Å². The fraction of sp³-hybridized carbons (Fsp3) is 0.455. The Morgan fingerprint density at radius 3 is 2.68 bits per heavy atom. The first-order chi connectivity index (χ1) is 15.0. The van der Waals surface area contributed by atoms with Gasteiger partial charge in [0.2, 0.25) is 5.91 Å². The highest BCUT2D eigenvalue weighted by Gasteiger charge is 2.28. The van der Waals surface area contributed by atoms with E-state index >= 15 is 0 Å². The third kappa shape index (κ3) is 6.22. The minimum Gasteiger partial charge on any atom is -0.480 e. The van der Waals surface area contributed by atoms with E-state index in [1.807, 2.05) is 30.5 Å². The number of nitrogens with one attached hydrogen (secondary N) is 4. The number of aromatic amines is 1. The number of carbonyl (C=O) groups is 3. The summed E-state index contributed by atoms with van der Waals surface area (Å²) in [5.74, 6) is -2.11. The number of amides is 1. The van der Waals surface area contributed by atoms with E-state index in [9.17, 15) is 19.5 Å². The molecule has 0 radical (unpaired) electrons. The molecule has 1 fully saturated rings. The van der Waals surface area contributed by atoms with Crippen LogP contribution in [0.3, 0.4) is 0 Å². The summed E-state index contributed by atoms with van der Waals surface area (Å²) in [5, 5.41) is 23.4. The van der Waals surface area contributed by atoms with E-state index in [4.69, 9.17) is 10.1 Å². The van der Waals surface area contributed by atoms with Gasteiger partial charge in [0, 0.05) is 42.8 Å². The number of rotatable bonds is 11. The molecule has 2 atom stereocenters. The van der Waals surface area contributed by atoms with Crippen LogP contribution in [0.15, 0.2) is 30.5 Å². The van der Waals surface area contributed by atoms with Crippen LogP contribution in [0.25, 0.3) is 10.9 Å². The summed E-state index contributed by atoms with van der Waals surface area (Å²) in [6.07, 6.45) is 4.29. The van der Waals surface area contributed by atoms with Crippen molar-refractivity contribution >= 4 is 34.8 Å². The average Bonchev–Trinajstić information content (AvgIpc) is 3.19. The summed E-state index contributed by atoms with van der Waals surface area (Å²) < 4.78 is 5.39. The highest BCUT2D eigenvalue weighted by molar-refractivity contribution is 6.26. The molecule has 0 bridgehead atoms. The standard InChI is InChI=1S/C22H28N4O5/c23-12-16(27)5-6-19(22(29)30)26-21(28)20(25-15-7-9-31-10-8-15)11-14-13-24-18-4-2-1-3-17(14)18/h1-4,12-13,15,19-20,23-25H,5-11H2,(H,26,28)(H,29,30)/t19-,20-/m0/s1. The summed E-state index contributed by atoms with van der Waals surface area (Å²) in [4.78, 5) is 39.3. The van der Waals surface area contributed by atoms with Crippen LogP contribution >= 0.6 is 0 Å². The summed E-state index contributed by atoms with van der Waals surface area (Å²) >= 11 is 0. The molecule has 2 heterocycles. The molecule has 0 spiro atoms. The molecule has 3 rings (SSSR count). The Balaban J connectivity index is 1.75. The van der Waals surface area contributed by atoms with Gasteiger partial charge in [-0.3, -0.25) is 9.59 Å². The topological polar surface area (TPSA) is 144 Å².